The van der Waals surface area contributed by atoms with E-state index in [9.17, 15) is 4.79 Å². The summed E-state index contributed by atoms with van der Waals surface area (Å²) in [7, 11) is 0. The summed E-state index contributed by atoms with van der Waals surface area (Å²) in [6.45, 7) is 1.84. The first kappa shape index (κ1) is 15.4. The number of nitrogens with zero attached hydrogens (tertiary/aromatic N) is 2. The first-order valence-electron chi connectivity index (χ1n) is 7.08. The monoisotopic (exact) mass is 367 g/mol. The molecule has 2 heterocycles. The fraction of sp³-hybridized carbons (Fsp3) is 0.0556. The van der Waals surface area contributed by atoms with Gasteiger partial charge in [0.15, 0.2) is 0 Å². The fourth-order valence-electron chi connectivity index (χ4n) is 2.24. The van der Waals surface area contributed by atoms with E-state index in [4.69, 9.17) is 0 Å². The Morgan fingerprint density at radius 2 is 1.87 bits per heavy atom. The number of hydrogen-bond donors (Lipinski definition) is 1. The van der Waals surface area contributed by atoms with Crippen LogP contribution < -0.4 is 5.32 Å². The van der Waals surface area contributed by atoms with Gasteiger partial charge in [-0.15, -0.1) is 0 Å². The first-order chi connectivity index (χ1) is 11.1. The molecule has 0 saturated heterocycles. The molecule has 4 nitrogen and oxygen atoms in total. The van der Waals surface area contributed by atoms with Crippen molar-refractivity contribution in [3.8, 4) is 11.3 Å². The molecule has 0 spiro atoms. The van der Waals surface area contributed by atoms with Crippen molar-refractivity contribution in [3.05, 3.63) is 76.7 Å². The molecule has 0 fully saturated rings. The van der Waals surface area contributed by atoms with E-state index >= 15 is 0 Å². The van der Waals surface area contributed by atoms with Crippen LogP contribution in [0.15, 0.2) is 65.4 Å². The molecular formula is C18H14BrN3O. The Kier molecular flexibility index (Phi) is 4.48. The number of carbonyl (C=O) groups excluding carboxylic acids is 1. The number of rotatable bonds is 3. The smallest absolute Gasteiger partial charge is 0.257 e. The number of amides is 1. The second-order valence-corrected chi connectivity index (χ2v) is 5.95. The zero-order chi connectivity index (χ0) is 16.2. The van der Waals surface area contributed by atoms with Crippen LogP contribution in [0.5, 0.6) is 0 Å². The van der Waals surface area contributed by atoms with Crippen molar-refractivity contribution >= 4 is 27.5 Å². The Morgan fingerprint density at radius 3 is 2.57 bits per heavy atom. The number of carbonyl (C=O) groups is 1. The molecule has 0 radical (unpaired) electrons. The summed E-state index contributed by atoms with van der Waals surface area (Å²) in [6, 6.07) is 15.1. The normalized spacial score (nSPS) is 10.3. The van der Waals surface area contributed by atoms with Gasteiger partial charge in [-0.3, -0.25) is 14.8 Å². The van der Waals surface area contributed by atoms with E-state index in [0.29, 0.717) is 16.9 Å². The van der Waals surface area contributed by atoms with Gasteiger partial charge >= 0.3 is 0 Å². The Hall–Kier alpha value is -2.53. The van der Waals surface area contributed by atoms with Gasteiger partial charge in [-0.05, 0) is 43.3 Å². The van der Waals surface area contributed by atoms with Crippen molar-refractivity contribution in [1.29, 1.82) is 0 Å². The maximum Gasteiger partial charge on any atom is 0.257 e. The van der Waals surface area contributed by atoms with Crippen molar-refractivity contribution in [2.24, 2.45) is 0 Å². The zero-order valence-electron chi connectivity index (χ0n) is 12.5. The second kappa shape index (κ2) is 6.71. The molecule has 2 aromatic heterocycles. The van der Waals surface area contributed by atoms with Gasteiger partial charge in [0.05, 0.1) is 17.0 Å². The molecule has 1 aromatic carbocycles. The van der Waals surface area contributed by atoms with E-state index in [0.717, 1.165) is 15.7 Å². The number of pyridine rings is 2. The molecule has 1 amide bonds. The maximum absolute atomic E-state index is 12.4. The van der Waals surface area contributed by atoms with Crippen LogP contribution in [0, 0.1) is 6.92 Å². The van der Waals surface area contributed by atoms with E-state index in [2.05, 4.69) is 31.2 Å². The van der Waals surface area contributed by atoms with Crippen molar-refractivity contribution in [2.75, 3.05) is 5.32 Å². The van der Waals surface area contributed by atoms with Gasteiger partial charge in [0.2, 0.25) is 0 Å². The van der Waals surface area contributed by atoms with Crippen LogP contribution >= 0.6 is 15.9 Å². The lowest BCUT2D eigenvalue weighted by Crippen LogP contribution is -2.14. The highest BCUT2D eigenvalue weighted by Crippen LogP contribution is 2.22. The average Bonchev–Trinajstić information content (AvgIpc) is 2.55. The summed E-state index contributed by atoms with van der Waals surface area (Å²) >= 11 is 3.46. The van der Waals surface area contributed by atoms with Crippen LogP contribution in [-0.4, -0.2) is 15.9 Å². The predicted octanol–water partition coefficient (Wildman–Crippen LogP) is 4.47. The van der Waals surface area contributed by atoms with Crippen molar-refractivity contribution in [2.45, 2.75) is 6.92 Å². The summed E-state index contributed by atoms with van der Waals surface area (Å²) < 4.78 is 0.994. The third-order valence-electron chi connectivity index (χ3n) is 3.39. The minimum Gasteiger partial charge on any atom is -0.322 e. The topological polar surface area (TPSA) is 54.9 Å². The molecule has 3 aromatic rings. The van der Waals surface area contributed by atoms with Crippen molar-refractivity contribution in [3.63, 3.8) is 0 Å². The highest BCUT2D eigenvalue weighted by Gasteiger charge is 2.12. The minimum absolute atomic E-state index is 0.179. The van der Waals surface area contributed by atoms with Gasteiger partial charge < -0.3 is 5.32 Å². The quantitative estimate of drug-likeness (QED) is 0.742. The van der Waals surface area contributed by atoms with E-state index in [-0.39, 0.29) is 5.91 Å². The van der Waals surface area contributed by atoms with E-state index in [1.54, 1.807) is 30.6 Å². The molecule has 0 aliphatic heterocycles. The number of nitrogens with one attached hydrogen (secondary N) is 1. The van der Waals surface area contributed by atoms with E-state index in [1.807, 2.05) is 37.3 Å². The van der Waals surface area contributed by atoms with Gasteiger partial charge in [-0.25, -0.2) is 0 Å². The average molecular weight is 368 g/mol. The number of anilines is 1. The second-order valence-electron chi connectivity index (χ2n) is 5.03. The van der Waals surface area contributed by atoms with Crippen molar-refractivity contribution in [1.82, 2.24) is 9.97 Å². The Labute approximate surface area is 142 Å². The number of aromatic nitrogens is 2. The highest BCUT2D eigenvalue weighted by molar-refractivity contribution is 9.10. The standard InChI is InChI=1S/C18H14BrN3O/c1-12-16(18(23)22-15-7-9-20-10-8-15)5-6-17(21-12)13-3-2-4-14(19)11-13/h2-11H,1H3,(H,20,22,23). The molecule has 0 unspecified atom stereocenters. The van der Waals surface area contributed by atoms with Gasteiger partial charge in [-0.2, -0.15) is 0 Å². The third-order valence-corrected chi connectivity index (χ3v) is 3.88. The maximum atomic E-state index is 12.4. The molecule has 5 heteroatoms. The molecule has 1 N–H and O–H groups in total. The molecular weight excluding hydrogens is 354 g/mol. The minimum atomic E-state index is -0.179. The fourth-order valence-corrected chi connectivity index (χ4v) is 2.64. The molecule has 114 valence electrons. The Balaban J connectivity index is 1.86. The Bertz CT molecular complexity index is 850. The summed E-state index contributed by atoms with van der Waals surface area (Å²) in [6.07, 6.45) is 3.27. The number of benzene rings is 1. The highest BCUT2D eigenvalue weighted by atomic mass is 79.9. The van der Waals surface area contributed by atoms with Gasteiger partial charge in [0.25, 0.3) is 5.91 Å². The molecule has 0 atom stereocenters. The SMILES string of the molecule is Cc1nc(-c2cccc(Br)c2)ccc1C(=O)Nc1ccncc1. The lowest BCUT2D eigenvalue weighted by atomic mass is 10.1. The molecule has 0 aliphatic rings. The zero-order valence-corrected chi connectivity index (χ0v) is 14.0. The lowest BCUT2D eigenvalue weighted by molar-refractivity contribution is 0.102. The van der Waals surface area contributed by atoms with Crippen LogP contribution in [0.3, 0.4) is 0 Å². The molecule has 0 saturated carbocycles. The summed E-state index contributed by atoms with van der Waals surface area (Å²) in [5.41, 5.74) is 3.79. The van der Waals surface area contributed by atoms with Gasteiger partial charge in [0.1, 0.15) is 0 Å². The van der Waals surface area contributed by atoms with Crippen LogP contribution in [0.2, 0.25) is 0 Å². The molecule has 0 aliphatic carbocycles. The summed E-state index contributed by atoms with van der Waals surface area (Å²) in [5.74, 6) is -0.179. The molecule has 3 rings (SSSR count). The number of halogens is 1. The largest absolute Gasteiger partial charge is 0.322 e. The molecule has 0 bridgehead atoms. The summed E-state index contributed by atoms with van der Waals surface area (Å²) in [4.78, 5) is 20.8. The van der Waals surface area contributed by atoms with E-state index < -0.39 is 0 Å². The summed E-state index contributed by atoms with van der Waals surface area (Å²) in [5, 5.41) is 2.84. The van der Waals surface area contributed by atoms with Crippen LogP contribution in [-0.2, 0) is 0 Å². The number of aryl methyl sites for hydroxylation is 1. The van der Waals surface area contributed by atoms with Gasteiger partial charge in [-0.1, -0.05) is 28.1 Å². The Morgan fingerprint density at radius 1 is 1.09 bits per heavy atom. The van der Waals surface area contributed by atoms with Crippen LogP contribution in [0.4, 0.5) is 5.69 Å². The van der Waals surface area contributed by atoms with Crippen LogP contribution in [0.25, 0.3) is 11.3 Å². The van der Waals surface area contributed by atoms with Gasteiger partial charge in [0, 0.05) is 28.1 Å². The third kappa shape index (κ3) is 3.63. The van der Waals surface area contributed by atoms with Crippen molar-refractivity contribution < 1.29 is 4.79 Å². The predicted molar refractivity (Wildman–Crippen MR) is 94.3 cm³/mol. The van der Waals surface area contributed by atoms with E-state index in [1.165, 1.54) is 0 Å². The number of hydrogen-bond acceptors (Lipinski definition) is 3. The van der Waals surface area contributed by atoms with Crippen LogP contribution in [0.1, 0.15) is 16.1 Å². The molecule has 23 heavy (non-hydrogen) atoms. The first-order valence-corrected chi connectivity index (χ1v) is 7.88. The lowest BCUT2D eigenvalue weighted by Gasteiger charge is -2.09.